The van der Waals surface area contributed by atoms with Gasteiger partial charge >= 0.3 is 6.09 Å². The van der Waals surface area contributed by atoms with Gasteiger partial charge in [-0.25, -0.2) is 9.18 Å². The summed E-state index contributed by atoms with van der Waals surface area (Å²) in [6.45, 7) is 6.36. The first kappa shape index (κ1) is 16.9. The number of amides is 1. The molecule has 0 spiro atoms. The number of carbonyl (C=O) groups excluding carboxylic acids is 2. The molecule has 1 heterocycles. The van der Waals surface area contributed by atoms with Crippen LogP contribution < -0.4 is 0 Å². The van der Waals surface area contributed by atoms with Gasteiger partial charge in [-0.1, -0.05) is 6.07 Å². The van der Waals surface area contributed by atoms with Crippen molar-refractivity contribution in [3.8, 4) is 0 Å². The van der Waals surface area contributed by atoms with Gasteiger partial charge in [-0.3, -0.25) is 4.79 Å². The van der Waals surface area contributed by atoms with Crippen LogP contribution >= 0.6 is 15.9 Å². The molecule has 6 heteroatoms. The van der Waals surface area contributed by atoms with Gasteiger partial charge in [0.1, 0.15) is 11.4 Å². The van der Waals surface area contributed by atoms with E-state index in [2.05, 4.69) is 15.9 Å². The van der Waals surface area contributed by atoms with Crippen LogP contribution in [-0.4, -0.2) is 35.5 Å². The summed E-state index contributed by atoms with van der Waals surface area (Å²) in [5, 5.41) is 0. The van der Waals surface area contributed by atoms with Crippen LogP contribution in [0.1, 0.15) is 37.6 Å². The first-order chi connectivity index (χ1) is 10.2. The van der Waals surface area contributed by atoms with Crippen molar-refractivity contribution in [2.24, 2.45) is 5.92 Å². The molecule has 0 aromatic heterocycles. The summed E-state index contributed by atoms with van der Waals surface area (Å²) >= 11 is 3.07. The molecule has 1 aliphatic rings. The number of likely N-dealkylation sites (tertiary alicyclic amines) is 1. The summed E-state index contributed by atoms with van der Waals surface area (Å²) in [6.07, 6.45) is -0.142. The van der Waals surface area contributed by atoms with E-state index in [1.165, 1.54) is 6.07 Å². The van der Waals surface area contributed by atoms with E-state index < -0.39 is 11.4 Å². The van der Waals surface area contributed by atoms with Crippen molar-refractivity contribution in [3.63, 3.8) is 0 Å². The van der Waals surface area contributed by atoms with Crippen molar-refractivity contribution in [2.75, 3.05) is 13.1 Å². The molecule has 1 aliphatic heterocycles. The maximum Gasteiger partial charge on any atom is 0.410 e. The largest absolute Gasteiger partial charge is 0.444 e. The molecule has 1 saturated heterocycles. The standard InChI is InChI=1S/C16H19BrFNO3/c1-16(2,3)22-15(21)19-8-10(9-19)7-13(20)11-5-4-6-12(17)14(11)18/h4-6,10H,7-9H2,1-3H3. The fraction of sp³-hybridized carbons (Fsp3) is 0.500. The molecular formula is C16H19BrFNO3. The number of rotatable bonds is 3. The van der Waals surface area contributed by atoms with Crippen molar-refractivity contribution in [3.05, 3.63) is 34.1 Å². The number of halogens is 2. The average molecular weight is 372 g/mol. The van der Waals surface area contributed by atoms with Gasteiger partial charge in [0.15, 0.2) is 5.78 Å². The van der Waals surface area contributed by atoms with Crippen LogP contribution in [0.25, 0.3) is 0 Å². The number of nitrogens with zero attached hydrogens (tertiary/aromatic N) is 1. The molecule has 2 rings (SSSR count). The Morgan fingerprint density at radius 2 is 2.00 bits per heavy atom. The summed E-state index contributed by atoms with van der Waals surface area (Å²) in [5.41, 5.74) is -0.442. The zero-order valence-corrected chi connectivity index (χ0v) is 14.4. The predicted molar refractivity (Wildman–Crippen MR) is 84.3 cm³/mol. The SMILES string of the molecule is CC(C)(C)OC(=O)N1CC(CC(=O)c2cccc(Br)c2F)C1. The van der Waals surface area contributed by atoms with Gasteiger partial charge in [0.2, 0.25) is 0 Å². The molecule has 0 saturated carbocycles. The van der Waals surface area contributed by atoms with E-state index in [-0.39, 0.29) is 34.3 Å². The second-order valence-electron chi connectivity index (χ2n) is 6.48. The van der Waals surface area contributed by atoms with Crippen LogP contribution in [0.15, 0.2) is 22.7 Å². The predicted octanol–water partition coefficient (Wildman–Crippen LogP) is 4.03. The molecule has 0 unspecified atom stereocenters. The number of benzene rings is 1. The monoisotopic (exact) mass is 371 g/mol. The molecule has 1 aromatic carbocycles. The second kappa shape index (κ2) is 6.36. The molecule has 0 aliphatic carbocycles. The highest BCUT2D eigenvalue weighted by atomic mass is 79.9. The Kier molecular flexibility index (Phi) is 4.90. The smallest absolute Gasteiger partial charge is 0.410 e. The number of carbonyl (C=O) groups is 2. The van der Waals surface area contributed by atoms with Gasteiger partial charge in [0, 0.05) is 25.4 Å². The topological polar surface area (TPSA) is 46.6 Å². The van der Waals surface area contributed by atoms with Gasteiger partial charge < -0.3 is 9.64 Å². The Hall–Kier alpha value is -1.43. The minimum atomic E-state index is -0.532. The molecular weight excluding hydrogens is 353 g/mol. The van der Waals surface area contributed by atoms with E-state index in [9.17, 15) is 14.0 Å². The molecule has 0 radical (unpaired) electrons. The third kappa shape index (κ3) is 4.06. The molecule has 4 nitrogen and oxygen atoms in total. The zero-order chi connectivity index (χ0) is 16.5. The lowest BCUT2D eigenvalue weighted by Crippen LogP contribution is -2.52. The van der Waals surface area contributed by atoms with Crippen molar-refractivity contribution < 1.29 is 18.7 Å². The van der Waals surface area contributed by atoms with E-state index in [1.54, 1.807) is 17.0 Å². The maximum absolute atomic E-state index is 13.9. The summed E-state index contributed by atoms with van der Waals surface area (Å²) in [6, 6.07) is 4.67. The van der Waals surface area contributed by atoms with E-state index in [4.69, 9.17) is 4.74 Å². The Morgan fingerprint density at radius 1 is 1.36 bits per heavy atom. The van der Waals surface area contributed by atoms with Crippen LogP contribution in [0, 0.1) is 11.7 Å². The van der Waals surface area contributed by atoms with Crippen molar-refractivity contribution in [1.29, 1.82) is 0 Å². The van der Waals surface area contributed by atoms with Crippen LogP contribution in [0.5, 0.6) is 0 Å². The molecule has 1 aromatic rings. The fourth-order valence-electron chi connectivity index (χ4n) is 2.27. The minimum Gasteiger partial charge on any atom is -0.444 e. The highest BCUT2D eigenvalue weighted by molar-refractivity contribution is 9.10. The summed E-state index contributed by atoms with van der Waals surface area (Å²) in [7, 11) is 0. The van der Waals surface area contributed by atoms with Gasteiger partial charge in [0.25, 0.3) is 0 Å². The Balaban J connectivity index is 1.86. The maximum atomic E-state index is 13.9. The van der Waals surface area contributed by atoms with E-state index in [0.717, 1.165) is 0 Å². The number of ether oxygens (including phenoxy) is 1. The van der Waals surface area contributed by atoms with Crippen LogP contribution in [-0.2, 0) is 4.74 Å². The molecule has 0 atom stereocenters. The quantitative estimate of drug-likeness (QED) is 0.753. The first-order valence-electron chi connectivity index (χ1n) is 7.12. The molecule has 1 fully saturated rings. The summed E-state index contributed by atoms with van der Waals surface area (Å²) in [5.74, 6) is -0.720. The van der Waals surface area contributed by atoms with Crippen molar-refractivity contribution in [1.82, 2.24) is 4.90 Å². The summed E-state index contributed by atoms with van der Waals surface area (Å²) < 4.78 is 19.4. The van der Waals surface area contributed by atoms with Gasteiger partial charge in [-0.15, -0.1) is 0 Å². The van der Waals surface area contributed by atoms with Gasteiger partial charge in [0.05, 0.1) is 10.0 Å². The molecule has 0 N–H and O–H groups in total. The zero-order valence-electron chi connectivity index (χ0n) is 12.9. The van der Waals surface area contributed by atoms with Gasteiger partial charge in [-0.05, 0) is 48.8 Å². The lowest BCUT2D eigenvalue weighted by molar-refractivity contribution is -0.00175. The van der Waals surface area contributed by atoms with Crippen molar-refractivity contribution in [2.45, 2.75) is 32.8 Å². The third-order valence-electron chi connectivity index (χ3n) is 3.33. The third-order valence-corrected chi connectivity index (χ3v) is 3.95. The molecule has 0 bridgehead atoms. The van der Waals surface area contributed by atoms with Crippen LogP contribution in [0.4, 0.5) is 9.18 Å². The lowest BCUT2D eigenvalue weighted by Gasteiger charge is -2.39. The number of Topliss-reactive ketones (excluding diaryl/α,β-unsaturated/α-hetero) is 1. The Morgan fingerprint density at radius 3 is 2.59 bits per heavy atom. The van der Waals surface area contributed by atoms with Crippen molar-refractivity contribution >= 4 is 27.8 Å². The Labute approximate surface area is 137 Å². The number of hydrogen-bond donors (Lipinski definition) is 0. The second-order valence-corrected chi connectivity index (χ2v) is 7.33. The normalized spacial score (nSPS) is 15.4. The number of hydrogen-bond acceptors (Lipinski definition) is 3. The van der Waals surface area contributed by atoms with E-state index >= 15 is 0 Å². The molecule has 1 amide bonds. The Bertz CT molecular complexity index is 592. The van der Waals surface area contributed by atoms with Crippen LogP contribution in [0.3, 0.4) is 0 Å². The minimum absolute atomic E-state index is 0.0541. The number of ketones is 1. The molecule has 22 heavy (non-hydrogen) atoms. The van der Waals surface area contributed by atoms with E-state index in [0.29, 0.717) is 13.1 Å². The van der Waals surface area contributed by atoms with Gasteiger partial charge in [-0.2, -0.15) is 0 Å². The fourth-order valence-corrected chi connectivity index (χ4v) is 2.63. The van der Waals surface area contributed by atoms with E-state index in [1.807, 2.05) is 20.8 Å². The lowest BCUT2D eigenvalue weighted by atomic mass is 9.92. The first-order valence-corrected chi connectivity index (χ1v) is 7.92. The average Bonchev–Trinajstić information content (AvgIpc) is 2.34. The molecule has 120 valence electrons. The highest BCUT2D eigenvalue weighted by Crippen LogP contribution is 2.26. The highest BCUT2D eigenvalue weighted by Gasteiger charge is 2.35. The van der Waals surface area contributed by atoms with Crippen LogP contribution in [0.2, 0.25) is 0 Å². The summed E-state index contributed by atoms with van der Waals surface area (Å²) in [4.78, 5) is 25.5.